The molecule has 2 heterocycles. The molecule has 0 bridgehead atoms. The average Bonchev–Trinajstić information content (AvgIpc) is 3.01. The van der Waals surface area contributed by atoms with Gasteiger partial charge in [0.15, 0.2) is 0 Å². The smallest absolute Gasteiger partial charge is 0.369 e. The van der Waals surface area contributed by atoms with Crippen molar-refractivity contribution in [3.05, 3.63) is 29.8 Å². The zero-order valence-electron chi connectivity index (χ0n) is 15.9. The van der Waals surface area contributed by atoms with E-state index in [2.05, 4.69) is 10.2 Å². The number of halogens is 3. The first kappa shape index (κ1) is 19.4. The summed E-state index contributed by atoms with van der Waals surface area (Å²) in [6.45, 7) is 4.50. The van der Waals surface area contributed by atoms with Gasteiger partial charge in [-0.3, -0.25) is 4.90 Å². The number of benzene rings is 1. The molecule has 5 nitrogen and oxygen atoms in total. The molecule has 2 aliphatic heterocycles. The summed E-state index contributed by atoms with van der Waals surface area (Å²) < 4.78 is 38.8. The minimum Gasteiger partial charge on any atom is -0.369 e. The fourth-order valence-electron chi connectivity index (χ4n) is 4.67. The van der Waals surface area contributed by atoms with Gasteiger partial charge in [-0.2, -0.15) is 13.2 Å². The number of nitrogens with one attached hydrogen (secondary N) is 1. The predicted octanol–water partition coefficient (Wildman–Crippen LogP) is 3.16. The fourth-order valence-corrected chi connectivity index (χ4v) is 4.67. The van der Waals surface area contributed by atoms with Crippen LogP contribution in [0.15, 0.2) is 24.3 Å². The minimum atomic E-state index is -4.31. The Morgan fingerprint density at radius 3 is 2.54 bits per heavy atom. The van der Waals surface area contributed by atoms with Gasteiger partial charge in [-0.25, -0.2) is 4.79 Å². The quantitative estimate of drug-likeness (QED) is 0.850. The molecule has 3 fully saturated rings. The van der Waals surface area contributed by atoms with Crippen molar-refractivity contribution in [2.24, 2.45) is 0 Å². The van der Waals surface area contributed by atoms with Crippen LogP contribution in [0.3, 0.4) is 0 Å². The first-order chi connectivity index (χ1) is 13.4. The molecule has 1 aliphatic carbocycles. The van der Waals surface area contributed by atoms with E-state index >= 15 is 0 Å². The molecule has 1 saturated carbocycles. The third kappa shape index (κ3) is 4.06. The summed E-state index contributed by atoms with van der Waals surface area (Å²) in [5.41, 5.74) is 0.0213. The standard InChI is InChI=1S/C20H27F3N4O/c21-20(22,23)15-4-3-5-16(14-15)26-11-8-25(9-12-26)10-13-27-18-7-2-1-6-17(18)24-19(27)28/h3-5,14,17-18H,1-2,6-13H2,(H,24,28)/t17-,18?/m1/s1. The molecule has 1 N–H and O–H groups in total. The van der Waals surface area contributed by atoms with Crippen LogP contribution in [0.2, 0.25) is 0 Å². The van der Waals surface area contributed by atoms with E-state index in [0.29, 0.717) is 30.9 Å². The number of anilines is 1. The Labute approximate surface area is 163 Å². The van der Waals surface area contributed by atoms with Crippen LogP contribution in [-0.4, -0.2) is 67.2 Å². The van der Waals surface area contributed by atoms with E-state index in [1.165, 1.54) is 25.0 Å². The molecule has 2 amide bonds. The summed E-state index contributed by atoms with van der Waals surface area (Å²) in [4.78, 5) is 18.6. The molecule has 4 rings (SSSR count). The molecule has 3 aliphatic rings. The summed E-state index contributed by atoms with van der Waals surface area (Å²) in [6.07, 6.45) is 0.204. The van der Waals surface area contributed by atoms with Gasteiger partial charge in [-0.15, -0.1) is 0 Å². The van der Waals surface area contributed by atoms with E-state index in [4.69, 9.17) is 0 Å². The maximum atomic E-state index is 12.9. The lowest BCUT2D eigenvalue weighted by molar-refractivity contribution is -0.137. The number of rotatable bonds is 4. The monoisotopic (exact) mass is 396 g/mol. The average molecular weight is 396 g/mol. The van der Waals surface area contributed by atoms with Crippen LogP contribution in [0.25, 0.3) is 0 Å². The summed E-state index contributed by atoms with van der Waals surface area (Å²) in [5.74, 6) is 0. The Morgan fingerprint density at radius 2 is 1.79 bits per heavy atom. The van der Waals surface area contributed by atoms with Crippen molar-refractivity contribution in [1.29, 1.82) is 0 Å². The number of nitrogens with zero attached hydrogens (tertiary/aromatic N) is 3. The second kappa shape index (κ2) is 7.81. The first-order valence-corrected chi connectivity index (χ1v) is 10.1. The molecule has 1 aromatic rings. The highest BCUT2D eigenvalue weighted by molar-refractivity contribution is 5.77. The van der Waals surface area contributed by atoms with E-state index in [0.717, 1.165) is 45.1 Å². The third-order valence-corrected chi connectivity index (χ3v) is 6.27. The van der Waals surface area contributed by atoms with E-state index in [-0.39, 0.29) is 6.03 Å². The molecule has 1 unspecified atom stereocenters. The van der Waals surface area contributed by atoms with Gasteiger partial charge in [0.25, 0.3) is 0 Å². The lowest BCUT2D eigenvalue weighted by Crippen LogP contribution is -2.49. The van der Waals surface area contributed by atoms with Crippen molar-refractivity contribution >= 4 is 11.7 Å². The van der Waals surface area contributed by atoms with E-state index in [1.807, 2.05) is 9.80 Å². The highest BCUT2D eigenvalue weighted by Crippen LogP contribution is 2.32. The van der Waals surface area contributed by atoms with Crippen LogP contribution in [0, 0.1) is 0 Å². The number of hydrogen-bond donors (Lipinski definition) is 1. The highest BCUT2D eigenvalue weighted by atomic mass is 19.4. The maximum Gasteiger partial charge on any atom is 0.416 e. The van der Waals surface area contributed by atoms with Gasteiger partial charge in [0, 0.05) is 45.0 Å². The summed E-state index contributed by atoms with van der Waals surface area (Å²) in [5, 5.41) is 3.11. The zero-order chi connectivity index (χ0) is 19.7. The molecule has 1 aromatic carbocycles. The predicted molar refractivity (Wildman–Crippen MR) is 101 cm³/mol. The molecule has 0 radical (unpaired) electrons. The number of carbonyl (C=O) groups is 1. The molecule has 0 spiro atoms. The summed E-state index contributed by atoms with van der Waals surface area (Å²) >= 11 is 0. The molecule has 28 heavy (non-hydrogen) atoms. The van der Waals surface area contributed by atoms with Gasteiger partial charge in [-0.05, 0) is 31.0 Å². The SMILES string of the molecule is O=C1N[C@@H]2CCCCC2N1CCN1CCN(c2cccc(C(F)(F)F)c2)CC1. The van der Waals surface area contributed by atoms with E-state index in [1.54, 1.807) is 6.07 Å². The normalized spacial score (nSPS) is 26.3. The number of piperazine rings is 1. The number of fused-ring (bicyclic) bond motifs is 1. The van der Waals surface area contributed by atoms with Gasteiger partial charge < -0.3 is 15.1 Å². The first-order valence-electron chi connectivity index (χ1n) is 10.1. The summed E-state index contributed by atoms with van der Waals surface area (Å²) in [7, 11) is 0. The second-order valence-electron chi connectivity index (χ2n) is 7.98. The zero-order valence-corrected chi connectivity index (χ0v) is 15.9. The van der Waals surface area contributed by atoms with Crippen LogP contribution in [0.1, 0.15) is 31.2 Å². The molecule has 2 saturated heterocycles. The lowest BCUT2D eigenvalue weighted by Gasteiger charge is -2.37. The van der Waals surface area contributed by atoms with Gasteiger partial charge >= 0.3 is 12.2 Å². The van der Waals surface area contributed by atoms with Crippen LogP contribution in [0.5, 0.6) is 0 Å². The van der Waals surface area contributed by atoms with Crippen LogP contribution in [0.4, 0.5) is 23.7 Å². The van der Waals surface area contributed by atoms with E-state index in [9.17, 15) is 18.0 Å². The second-order valence-corrected chi connectivity index (χ2v) is 7.98. The lowest BCUT2D eigenvalue weighted by atomic mass is 9.91. The van der Waals surface area contributed by atoms with Crippen molar-refractivity contribution in [3.8, 4) is 0 Å². The molecular weight excluding hydrogens is 369 g/mol. The van der Waals surface area contributed by atoms with Crippen LogP contribution < -0.4 is 10.2 Å². The number of carbonyl (C=O) groups excluding carboxylic acids is 1. The molecule has 2 atom stereocenters. The van der Waals surface area contributed by atoms with Gasteiger partial charge in [0.2, 0.25) is 0 Å². The largest absolute Gasteiger partial charge is 0.416 e. The van der Waals surface area contributed by atoms with Gasteiger partial charge in [0.05, 0.1) is 17.6 Å². The highest BCUT2D eigenvalue weighted by Gasteiger charge is 2.40. The van der Waals surface area contributed by atoms with Crippen molar-refractivity contribution < 1.29 is 18.0 Å². The van der Waals surface area contributed by atoms with Crippen molar-refractivity contribution in [1.82, 2.24) is 15.1 Å². The number of urea groups is 1. The van der Waals surface area contributed by atoms with Crippen LogP contribution >= 0.6 is 0 Å². The minimum absolute atomic E-state index is 0.0551. The molecule has 154 valence electrons. The fraction of sp³-hybridized carbons (Fsp3) is 0.650. The number of alkyl halides is 3. The topological polar surface area (TPSA) is 38.8 Å². The Hall–Kier alpha value is -1.96. The van der Waals surface area contributed by atoms with E-state index < -0.39 is 11.7 Å². The van der Waals surface area contributed by atoms with Crippen LogP contribution in [-0.2, 0) is 6.18 Å². The van der Waals surface area contributed by atoms with Crippen molar-refractivity contribution in [3.63, 3.8) is 0 Å². The van der Waals surface area contributed by atoms with Gasteiger partial charge in [-0.1, -0.05) is 18.9 Å². The molecular formula is C20H27F3N4O. The van der Waals surface area contributed by atoms with Crippen molar-refractivity contribution in [2.75, 3.05) is 44.2 Å². The Kier molecular flexibility index (Phi) is 5.40. The Morgan fingerprint density at radius 1 is 1.04 bits per heavy atom. The molecule has 8 heteroatoms. The molecule has 0 aromatic heterocycles. The van der Waals surface area contributed by atoms with Crippen molar-refractivity contribution in [2.45, 2.75) is 43.9 Å². The number of hydrogen-bond acceptors (Lipinski definition) is 3. The number of amides is 2. The third-order valence-electron chi connectivity index (χ3n) is 6.27. The Balaban J connectivity index is 1.28. The van der Waals surface area contributed by atoms with Gasteiger partial charge in [0.1, 0.15) is 0 Å². The summed E-state index contributed by atoms with van der Waals surface area (Å²) in [6, 6.07) is 6.23. The maximum absolute atomic E-state index is 12.9. The Bertz CT molecular complexity index is 703.